The van der Waals surface area contributed by atoms with Gasteiger partial charge in [-0.05, 0) is 42.8 Å². The van der Waals surface area contributed by atoms with Crippen LogP contribution in [0.1, 0.15) is 37.9 Å². The van der Waals surface area contributed by atoms with Gasteiger partial charge in [-0.15, -0.1) is 5.10 Å². The van der Waals surface area contributed by atoms with Crippen LogP contribution in [0.5, 0.6) is 0 Å². The average molecular weight is 518 g/mol. The Morgan fingerprint density at radius 2 is 1.89 bits per heavy atom. The molecule has 1 saturated heterocycles. The van der Waals surface area contributed by atoms with Crippen molar-refractivity contribution in [2.24, 2.45) is 0 Å². The van der Waals surface area contributed by atoms with Crippen LogP contribution in [0.2, 0.25) is 5.02 Å². The maximum Gasteiger partial charge on any atom is 0.295 e. The zero-order valence-electron chi connectivity index (χ0n) is 19.5. The minimum atomic E-state index is -1.22. The summed E-state index contributed by atoms with van der Waals surface area (Å²) < 4.78 is 1.45. The van der Waals surface area contributed by atoms with Crippen molar-refractivity contribution in [1.82, 2.24) is 30.0 Å². The van der Waals surface area contributed by atoms with Gasteiger partial charge in [-0.2, -0.15) is 0 Å². The summed E-state index contributed by atoms with van der Waals surface area (Å²) in [6.45, 7) is 2.43. The van der Waals surface area contributed by atoms with Gasteiger partial charge in [0.15, 0.2) is 6.29 Å². The number of aromatic nitrogens is 4. The highest BCUT2D eigenvalue weighted by Gasteiger charge is 2.49. The molecule has 1 fully saturated rings. The highest BCUT2D eigenvalue weighted by Crippen LogP contribution is 2.38. The number of nitro groups is 1. The number of rotatable bonds is 6. The highest BCUT2D eigenvalue weighted by molar-refractivity contribution is 6.30. The van der Waals surface area contributed by atoms with Gasteiger partial charge in [0.1, 0.15) is 11.5 Å². The molecule has 1 amide bonds. The standard InChI is InChI=1S/C25H20ClN7O4/c1-16-29-23(30-32(16)20-6-8-21(9-7-20)33(36)37)24(35)31-13-12-28-25(31,18-2-4-19(26)5-3-18)22-14-27-11-10-17(22)15-34/h2-11,14-15,28H,12-13H2,1H3. The third-order valence-corrected chi connectivity index (χ3v) is 6.52. The number of benzene rings is 2. The summed E-state index contributed by atoms with van der Waals surface area (Å²) in [7, 11) is 0. The van der Waals surface area contributed by atoms with Crippen LogP contribution in [0, 0.1) is 17.0 Å². The lowest BCUT2D eigenvalue weighted by molar-refractivity contribution is -0.384. The third-order valence-electron chi connectivity index (χ3n) is 6.27. The predicted molar refractivity (Wildman–Crippen MR) is 134 cm³/mol. The number of aldehydes is 1. The highest BCUT2D eigenvalue weighted by atomic mass is 35.5. The van der Waals surface area contributed by atoms with E-state index in [1.165, 1.54) is 35.1 Å². The van der Waals surface area contributed by atoms with E-state index in [0.717, 1.165) is 6.29 Å². The molecule has 0 radical (unpaired) electrons. The molecule has 3 heterocycles. The smallest absolute Gasteiger partial charge is 0.295 e. The average Bonchev–Trinajstić information content (AvgIpc) is 3.53. The number of pyridine rings is 1. The largest absolute Gasteiger partial charge is 0.308 e. The molecule has 2 aromatic carbocycles. The zero-order chi connectivity index (χ0) is 26.2. The van der Waals surface area contributed by atoms with Crippen LogP contribution in [0.4, 0.5) is 5.69 Å². The van der Waals surface area contributed by atoms with Gasteiger partial charge >= 0.3 is 0 Å². The number of nitrogens with zero attached hydrogens (tertiary/aromatic N) is 6. The van der Waals surface area contributed by atoms with Crippen LogP contribution in [0.3, 0.4) is 0 Å². The van der Waals surface area contributed by atoms with E-state index in [-0.39, 0.29) is 11.5 Å². The maximum absolute atomic E-state index is 13.9. The lowest BCUT2D eigenvalue weighted by atomic mass is 9.88. The Kier molecular flexibility index (Phi) is 6.24. The van der Waals surface area contributed by atoms with E-state index in [1.807, 2.05) is 0 Å². The van der Waals surface area contributed by atoms with Crippen LogP contribution in [-0.2, 0) is 5.66 Å². The number of carbonyl (C=O) groups is 2. The van der Waals surface area contributed by atoms with Crippen molar-refractivity contribution < 1.29 is 14.5 Å². The van der Waals surface area contributed by atoms with Crippen molar-refractivity contribution in [1.29, 1.82) is 0 Å². The molecule has 5 rings (SSSR count). The normalized spacial score (nSPS) is 17.1. The zero-order valence-corrected chi connectivity index (χ0v) is 20.3. The van der Waals surface area contributed by atoms with Gasteiger partial charge in [-0.3, -0.25) is 30.0 Å². The summed E-state index contributed by atoms with van der Waals surface area (Å²) >= 11 is 6.14. The molecule has 0 spiro atoms. The quantitative estimate of drug-likeness (QED) is 0.234. The Hall–Kier alpha value is -4.48. The van der Waals surface area contributed by atoms with E-state index >= 15 is 0 Å². The molecule has 12 heteroatoms. The monoisotopic (exact) mass is 517 g/mol. The first-order chi connectivity index (χ1) is 17.8. The molecule has 0 aliphatic carbocycles. The summed E-state index contributed by atoms with van der Waals surface area (Å²) in [4.78, 5) is 46.6. The number of halogens is 1. The fraction of sp³-hybridized carbons (Fsp3) is 0.160. The fourth-order valence-corrected chi connectivity index (χ4v) is 4.71. The number of aryl methyl sites for hydroxylation is 1. The second kappa shape index (κ2) is 9.52. The first kappa shape index (κ1) is 24.2. The van der Waals surface area contributed by atoms with Crippen molar-refractivity contribution in [3.8, 4) is 5.69 Å². The van der Waals surface area contributed by atoms with E-state index in [9.17, 15) is 19.7 Å². The molecule has 1 aliphatic heterocycles. The number of carbonyl (C=O) groups excluding carboxylic acids is 2. The second-order valence-corrected chi connectivity index (χ2v) is 8.79. The van der Waals surface area contributed by atoms with Gasteiger partial charge in [0.2, 0.25) is 5.82 Å². The van der Waals surface area contributed by atoms with Crippen molar-refractivity contribution in [2.45, 2.75) is 12.6 Å². The van der Waals surface area contributed by atoms with E-state index in [1.54, 1.807) is 48.4 Å². The van der Waals surface area contributed by atoms with Crippen molar-refractivity contribution in [2.75, 3.05) is 13.1 Å². The molecule has 0 saturated carbocycles. The van der Waals surface area contributed by atoms with E-state index in [0.29, 0.717) is 46.3 Å². The van der Waals surface area contributed by atoms with Crippen LogP contribution < -0.4 is 5.32 Å². The van der Waals surface area contributed by atoms with E-state index < -0.39 is 16.5 Å². The summed E-state index contributed by atoms with van der Waals surface area (Å²) in [5.74, 6) is -0.102. The summed E-state index contributed by atoms with van der Waals surface area (Å²) in [6, 6.07) is 14.4. The summed E-state index contributed by atoms with van der Waals surface area (Å²) in [5.41, 5.74) is 0.802. The molecule has 37 heavy (non-hydrogen) atoms. The molecule has 1 atom stereocenters. The number of nitro benzene ring substituents is 1. The molecule has 1 unspecified atom stereocenters. The van der Waals surface area contributed by atoms with Crippen LogP contribution in [-0.4, -0.2) is 54.9 Å². The SMILES string of the molecule is Cc1nc(C(=O)N2CCNC2(c2ccc(Cl)cc2)c2cnccc2C=O)nn1-c1ccc([N+](=O)[O-])cc1. The summed E-state index contributed by atoms with van der Waals surface area (Å²) in [6.07, 6.45) is 3.80. The topological polar surface area (TPSA) is 136 Å². The van der Waals surface area contributed by atoms with Gasteiger partial charge in [-0.1, -0.05) is 23.7 Å². The Labute approximate surface area is 215 Å². The molecular formula is C25H20ClN7O4. The fourth-order valence-electron chi connectivity index (χ4n) is 4.58. The lowest BCUT2D eigenvalue weighted by Gasteiger charge is -2.39. The Bertz CT molecular complexity index is 1500. The Morgan fingerprint density at radius 3 is 2.57 bits per heavy atom. The number of hydrogen-bond acceptors (Lipinski definition) is 8. The molecular weight excluding hydrogens is 498 g/mol. The number of amides is 1. The van der Waals surface area contributed by atoms with Crippen molar-refractivity contribution in [3.63, 3.8) is 0 Å². The van der Waals surface area contributed by atoms with Crippen LogP contribution in [0.15, 0.2) is 67.0 Å². The molecule has 4 aromatic rings. The van der Waals surface area contributed by atoms with Gasteiger partial charge in [0, 0.05) is 53.8 Å². The number of non-ortho nitro benzene ring substituents is 1. The molecule has 11 nitrogen and oxygen atoms in total. The minimum Gasteiger partial charge on any atom is -0.308 e. The molecule has 1 N–H and O–H groups in total. The van der Waals surface area contributed by atoms with Gasteiger partial charge < -0.3 is 4.90 Å². The van der Waals surface area contributed by atoms with Crippen LogP contribution in [0.25, 0.3) is 5.69 Å². The Balaban J connectivity index is 1.60. The van der Waals surface area contributed by atoms with Gasteiger partial charge in [0.05, 0.1) is 10.6 Å². The minimum absolute atomic E-state index is 0.0591. The van der Waals surface area contributed by atoms with Crippen molar-refractivity contribution >= 4 is 29.5 Å². The first-order valence-electron chi connectivity index (χ1n) is 11.3. The Morgan fingerprint density at radius 1 is 1.16 bits per heavy atom. The number of hydrogen-bond donors (Lipinski definition) is 1. The lowest BCUT2D eigenvalue weighted by Crippen LogP contribution is -2.52. The first-order valence-corrected chi connectivity index (χ1v) is 11.6. The predicted octanol–water partition coefficient (Wildman–Crippen LogP) is 3.29. The van der Waals surface area contributed by atoms with Gasteiger partial charge in [-0.25, -0.2) is 9.67 Å². The van der Waals surface area contributed by atoms with E-state index in [2.05, 4.69) is 20.4 Å². The summed E-state index contributed by atoms with van der Waals surface area (Å²) in [5, 5.41) is 19.3. The molecule has 2 aromatic heterocycles. The van der Waals surface area contributed by atoms with Crippen molar-refractivity contribution in [3.05, 3.63) is 110 Å². The molecule has 0 bridgehead atoms. The van der Waals surface area contributed by atoms with Crippen LogP contribution >= 0.6 is 11.6 Å². The van der Waals surface area contributed by atoms with Gasteiger partial charge in [0.25, 0.3) is 11.6 Å². The van der Waals surface area contributed by atoms with E-state index in [4.69, 9.17) is 11.6 Å². The second-order valence-electron chi connectivity index (χ2n) is 8.35. The number of nitrogens with one attached hydrogen (secondary N) is 1. The molecule has 186 valence electrons. The maximum atomic E-state index is 13.9. The molecule has 1 aliphatic rings. The third kappa shape index (κ3) is 4.13.